The van der Waals surface area contributed by atoms with Crippen molar-refractivity contribution in [3.05, 3.63) is 48.5 Å². The van der Waals surface area contributed by atoms with Crippen LogP contribution in [0.25, 0.3) is 0 Å². The lowest BCUT2D eigenvalue weighted by Gasteiger charge is -2.32. The first kappa shape index (κ1) is 18.4. The third-order valence-corrected chi connectivity index (χ3v) is 4.83. The van der Waals surface area contributed by atoms with Crippen LogP contribution in [-0.2, 0) is 11.3 Å². The van der Waals surface area contributed by atoms with Crippen LogP contribution in [0.2, 0.25) is 0 Å². The minimum absolute atomic E-state index is 0.0150. The predicted octanol–water partition coefficient (Wildman–Crippen LogP) is 1.73. The number of benzene rings is 1. The van der Waals surface area contributed by atoms with Crippen molar-refractivity contribution >= 4 is 5.91 Å². The molecule has 0 aliphatic carbocycles. The number of rotatable bonds is 5. The average Bonchev–Trinajstić information content (AvgIpc) is 3.25. The van der Waals surface area contributed by atoms with E-state index in [0.29, 0.717) is 13.0 Å². The maximum atomic E-state index is 12.8. The third-order valence-electron chi connectivity index (χ3n) is 4.83. The van der Waals surface area contributed by atoms with Gasteiger partial charge in [-0.15, -0.1) is 0 Å². The molecule has 1 aliphatic heterocycles. The van der Waals surface area contributed by atoms with Gasteiger partial charge in [0.2, 0.25) is 5.91 Å². The van der Waals surface area contributed by atoms with Crippen LogP contribution in [0, 0.1) is 5.41 Å². The molecular formula is C19H27N5O2. The van der Waals surface area contributed by atoms with E-state index in [1.165, 1.54) is 0 Å². The summed E-state index contributed by atoms with van der Waals surface area (Å²) < 4.78 is 1.98. The lowest BCUT2D eigenvalue weighted by molar-refractivity contribution is -0.124. The molecule has 7 heteroatoms. The summed E-state index contributed by atoms with van der Waals surface area (Å²) in [6.45, 7) is 7.04. The van der Waals surface area contributed by atoms with Crippen molar-refractivity contribution in [1.29, 1.82) is 0 Å². The number of amides is 1. The van der Waals surface area contributed by atoms with Crippen LogP contribution in [0.3, 0.4) is 0 Å². The molecule has 1 aromatic carbocycles. The third kappa shape index (κ3) is 4.42. The highest BCUT2D eigenvalue weighted by Gasteiger charge is 2.33. The number of hydrogen-bond acceptors (Lipinski definition) is 5. The number of hydrazine groups is 1. The van der Waals surface area contributed by atoms with Crippen molar-refractivity contribution in [2.24, 2.45) is 5.41 Å². The van der Waals surface area contributed by atoms with Crippen LogP contribution in [0.5, 0.6) is 5.75 Å². The van der Waals surface area contributed by atoms with Gasteiger partial charge in [-0.25, -0.2) is 15.8 Å². The van der Waals surface area contributed by atoms with E-state index in [1.807, 2.05) is 22.9 Å². The first-order valence-corrected chi connectivity index (χ1v) is 8.89. The molecule has 26 heavy (non-hydrogen) atoms. The van der Waals surface area contributed by atoms with Crippen molar-refractivity contribution < 1.29 is 9.90 Å². The van der Waals surface area contributed by atoms with Gasteiger partial charge in [-0.1, -0.05) is 32.9 Å². The van der Waals surface area contributed by atoms with Gasteiger partial charge < -0.3 is 15.0 Å². The highest BCUT2D eigenvalue weighted by atomic mass is 16.3. The Kier molecular flexibility index (Phi) is 5.29. The molecule has 0 bridgehead atoms. The fraction of sp³-hybridized carbons (Fsp3) is 0.474. The summed E-state index contributed by atoms with van der Waals surface area (Å²) in [6, 6.07) is 6.77. The van der Waals surface area contributed by atoms with Gasteiger partial charge in [0, 0.05) is 25.0 Å². The first-order chi connectivity index (χ1) is 12.3. The zero-order valence-electron chi connectivity index (χ0n) is 15.4. The number of carbonyl (C=O) groups is 1. The average molecular weight is 357 g/mol. The van der Waals surface area contributed by atoms with Gasteiger partial charge in [0.15, 0.2) is 0 Å². The second kappa shape index (κ2) is 7.47. The topological polar surface area (TPSA) is 91.2 Å². The van der Waals surface area contributed by atoms with Gasteiger partial charge in [-0.2, -0.15) is 0 Å². The summed E-state index contributed by atoms with van der Waals surface area (Å²) in [5.41, 5.74) is 7.22. The first-order valence-electron chi connectivity index (χ1n) is 8.89. The Morgan fingerprint density at radius 1 is 1.35 bits per heavy atom. The van der Waals surface area contributed by atoms with Crippen LogP contribution < -0.4 is 16.2 Å². The van der Waals surface area contributed by atoms with Crippen molar-refractivity contribution in [1.82, 2.24) is 25.7 Å². The van der Waals surface area contributed by atoms with E-state index < -0.39 is 0 Å². The minimum Gasteiger partial charge on any atom is -0.508 e. The van der Waals surface area contributed by atoms with Gasteiger partial charge in [0.05, 0.1) is 12.4 Å². The molecule has 0 spiro atoms. The number of phenols is 1. The van der Waals surface area contributed by atoms with Gasteiger partial charge in [-0.3, -0.25) is 4.79 Å². The SMILES string of the molecule is CC(C)(C)C(Cn1ccnc1)NC(=O)C1CC(c2ccc(O)cc2)NN1. The molecule has 4 N–H and O–H groups in total. The molecule has 1 aliphatic rings. The van der Waals surface area contributed by atoms with E-state index >= 15 is 0 Å². The number of carbonyl (C=O) groups excluding carboxylic acids is 1. The van der Waals surface area contributed by atoms with Crippen molar-refractivity contribution in [3.8, 4) is 5.75 Å². The fourth-order valence-electron chi connectivity index (χ4n) is 3.07. The summed E-state index contributed by atoms with van der Waals surface area (Å²) in [5, 5.41) is 12.6. The summed E-state index contributed by atoms with van der Waals surface area (Å²) in [5.74, 6) is 0.223. The molecule has 7 nitrogen and oxygen atoms in total. The lowest BCUT2D eigenvalue weighted by atomic mass is 9.86. The Labute approximate surface area is 153 Å². The normalized spacial score (nSPS) is 21.5. The van der Waals surface area contributed by atoms with Crippen LogP contribution in [-0.4, -0.2) is 32.6 Å². The van der Waals surface area contributed by atoms with E-state index in [4.69, 9.17) is 0 Å². The van der Waals surface area contributed by atoms with E-state index in [1.54, 1.807) is 24.7 Å². The predicted molar refractivity (Wildman–Crippen MR) is 99.1 cm³/mol. The molecule has 1 saturated heterocycles. The number of imidazole rings is 1. The Morgan fingerprint density at radius 3 is 2.69 bits per heavy atom. The number of nitrogens with one attached hydrogen (secondary N) is 3. The molecule has 1 fully saturated rings. The second-order valence-corrected chi connectivity index (χ2v) is 7.91. The van der Waals surface area contributed by atoms with E-state index in [0.717, 1.165) is 5.56 Å². The molecular weight excluding hydrogens is 330 g/mol. The summed E-state index contributed by atoms with van der Waals surface area (Å²) >= 11 is 0. The molecule has 0 saturated carbocycles. The Morgan fingerprint density at radius 2 is 2.08 bits per heavy atom. The summed E-state index contributed by atoms with van der Waals surface area (Å²) in [7, 11) is 0. The molecule has 3 rings (SSSR count). The number of aromatic nitrogens is 2. The van der Waals surface area contributed by atoms with Crippen molar-refractivity contribution in [3.63, 3.8) is 0 Å². The van der Waals surface area contributed by atoms with Gasteiger partial charge >= 0.3 is 0 Å². The molecule has 140 valence electrons. The largest absolute Gasteiger partial charge is 0.508 e. The smallest absolute Gasteiger partial charge is 0.238 e. The Hall–Kier alpha value is -2.38. The molecule has 0 radical (unpaired) electrons. The van der Waals surface area contributed by atoms with Crippen molar-refractivity contribution in [2.75, 3.05) is 0 Å². The number of nitrogens with zero attached hydrogens (tertiary/aromatic N) is 2. The van der Waals surface area contributed by atoms with Gasteiger partial charge in [0.1, 0.15) is 11.8 Å². The van der Waals surface area contributed by atoms with Crippen LogP contribution >= 0.6 is 0 Å². The number of phenolic OH excluding ortho intramolecular Hbond substituents is 1. The Bertz CT molecular complexity index is 721. The van der Waals surface area contributed by atoms with Gasteiger partial charge in [0.25, 0.3) is 0 Å². The number of aromatic hydroxyl groups is 1. The van der Waals surface area contributed by atoms with Gasteiger partial charge in [-0.05, 0) is 29.5 Å². The second-order valence-electron chi connectivity index (χ2n) is 7.91. The summed E-state index contributed by atoms with van der Waals surface area (Å²) in [4.78, 5) is 16.9. The highest BCUT2D eigenvalue weighted by Crippen LogP contribution is 2.25. The number of hydrogen-bond donors (Lipinski definition) is 4. The zero-order valence-corrected chi connectivity index (χ0v) is 15.4. The zero-order chi connectivity index (χ0) is 18.7. The molecule has 2 aromatic rings. The van der Waals surface area contributed by atoms with E-state index in [2.05, 4.69) is 41.9 Å². The molecule has 3 unspecified atom stereocenters. The quantitative estimate of drug-likeness (QED) is 0.654. The molecule has 3 atom stereocenters. The fourth-order valence-corrected chi connectivity index (χ4v) is 3.07. The molecule has 1 amide bonds. The van der Waals surface area contributed by atoms with E-state index in [9.17, 15) is 9.90 Å². The summed E-state index contributed by atoms with van der Waals surface area (Å²) in [6.07, 6.45) is 6.06. The maximum Gasteiger partial charge on any atom is 0.238 e. The van der Waals surface area contributed by atoms with E-state index in [-0.39, 0.29) is 35.2 Å². The molecule has 2 heterocycles. The van der Waals surface area contributed by atoms with Crippen LogP contribution in [0.15, 0.2) is 43.0 Å². The maximum absolute atomic E-state index is 12.8. The minimum atomic E-state index is -0.304. The Balaban J connectivity index is 1.62. The molecule has 1 aromatic heterocycles. The van der Waals surface area contributed by atoms with Crippen LogP contribution in [0.1, 0.15) is 38.8 Å². The lowest BCUT2D eigenvalue weighted by Crippen LogP contribution is -2.52. The highest BCUT2D eigenvalue weighted by molar-refractivity contribution is 5.82. The van der Waals surface area contributed by atoms with Crippen molar-refractivity contribution in [2.45, 2.75) is 51.9 Å². The monoisotopic (exact) mass is 357 g/mol. The standard InChI is InChI=1S/C19H27N5O2/c1-19(2,3)17(11-24-9-8-20-12-24)21-18(26)16-10-15(22-23-16)13-4-6-14(25)7-5-13/h4-9,12,15-17,22-23,25H,10-11H2,1-3H3,(H,21,26). The van der Waals surface area contributed by atoms with Crippen LogP contribution in [0.4, 0.5) is 0 Å².